The molecule has 2 heterocycles. The van der Waals surface area contributed by atoms with Gasteiger partial charge in [-0.2, -0.15) is 18.3 Å². The number of benzene rings is 1. The highest BCUT2D eigenvalue weighted by atomic mass is 19.4. The average molecular weight is 407 g/mol. The molecule has 1 aromatic carbocycles. The van der Waals surface area contributed by atoms with E-state index in [-0.39, 0.29) is 29.1 Å². The van der Waals surface area contributed by atoms with Gasteiger partial charge in [0, 0.05) is 12.4 Å². The zero-order valence-electron chi connectivity index (χ0n) is 14.9. The summed E-state index contributed by atoms with van der Waals surface area (Å²) in [7, 11) is 1.14. The highest BCUT2D eigenvalue weighted by molar-refractivity contribution is 5.96. The van der Waals surface area contributed by atoms with Gasteiger partial charge in [-0.3, -0.25) is 4.79 Å². The highest BCUT2D eigenvalue weighted by Gasteiger charge is 2.31. The second kappa shape index (κ2) is 7.82. The molecule has 3 rings (SSSR count). The Balaban J connectivity index is 1.94. The van der Waals surface area contributed by atoms with Crippen molar-refractivity contribution >= 4 is 12.3 Å². The minimum atomic E-state index is -4.66. The number of carbonyl (C=O) groups excluding carboxylic acids is 2. The standard InChI is InChI=1S/C19H13F4N3O3/c1-29-18(28)17-13(10-27)9-26(25-17)16-7-11(2-3-24-16)4-12-5-14(19(21,22)23)8-15(20)6-12/h2-3,5-10H,4H2,1H3. The maximum absolute atomic E-state index is 13.6. The van der Waals surface area contributed by atoms with Gasteiger partial charge in [0.25, 0.3) is 0 Å². The van der Waals surface area contributed by atoms with Crippen LogP contribution in [0.25, 0.3) is 5.82 Å². The number of pyridine rings is 1. The van der Waals surface area contributed by atoms with Crippen LogP contribution in [-0.2, 0) is 17.3 Å². The number of esters is 1. The predicted octanol–water partition coefficient (Wildman–Crippen LogP) is 3.62. The van der Waals surface area contributed by atoms with E-state index in [1.807, 2.05) is 0 Å². The van der Waals surface area contributed by atoms with Crippen molar-refractivity contribution in [2.75, 3.05) is 7.11 Å². The summed E-state index contributed by atoms with van der Waals surface area (Å²) >= 11 is 0. The molecule has 6 nitrogen and oxygen atoms in total. The van der Waals surface area contributed by atoms with E-state index in [0.29, 0.717) is 17.9 Å². The molecule has 0 atom stereocenters. The van der Waals surface area contributed by atoms with Gasteiger partial charge in [0.1, 0.15) is 5.82 Å². The Labute approximate surface area is 161 Å². The van der Waals surface area contributed by atoms with E-state index in [2.05, 4.69) is 14.8 Å². The fourth-order valence-electron chi connectivity index (χ4n) is 2.69. The monoisotopic (exact) mass is 407 g/mol. The molecule has 0 aliphatic rings. The van der Waals surface area contributed by atoms with Gasteiger partial charge in [0.2, 0.25) is 0 Å². The van der Waals surface area contributed by atoms with Crippen LogP contribution in [0.3, 0.4) is 0 Å². The number of methoxy groups -OCH3 is 1. The maximum Gasteiger partial charge on any atom is 0.416 e. The number of ether oxygens (including phenoxy) is 1. The number of hydrogen-bond donors (Lipinski definition) is 0. The molecule has 150 valence electrons. The van der Waals surface area contributed by atoms with Crippen molar-refractivity contribution in [3.63, 3.8) is 0 Å². The van der Waals surface area contributed by atoms with E-state index >= 15 is 0 Å². The van der Waals surface area contributed by atoms with E-state index in [1.54, 1.807) is 6.07 Å². The van der Waals surface area contributed by atoms with Crippen LogP contribution in [0.4, 0.5) is 17.6 Å². The van der Waals surface area contributed by atoms with E-state index in [0.717, 1.165) is 19.2 Å². The van der Waals surface area contributed by atoms with Gasteiger partial charge in [0.05, 0.1) is 18.2 Å². The Bertz CT molecular complexity index is 1080. The summed E-state index contributed by atoms with van der Waals surface area (Å²) in [4.78, 5) is 26.9. The number of carbonyl (C=O) groups is 2. The maximum atomic E-state index is 13.6. The quantitative estimate of drug-likeness (QED) is 0.367. The van der Waals surface area contributed by atoms with Crippen LogP contribution in [0, 0.1) is 5.82 Å². The highest BCUT2D eigenvalue weighted by Crippen LogP contribution is 2.31. The molecule has 0 saturated carbocycles. The van der Waals surface area contributed by atoms with Gasteiger partial charge in [-0.05, 0) is 47.9 Å². The van der Waals surface area contributed by atoms with E-state index < -0.39 is 23.5 Å². The SMILES string of the molecule is COC(=O)c1nn(-c2cc(Cc3cc(F)cc(C(F)(F)F)c3)ccn2)cc1C=O. The summed E-state index contributed by atoms with van der Waals surface area (Å²) in [6, 6.07) is 5.37. The summed E-state index contributed by atoms with van der Waals surface area (Å²) in [5.41, 5.74) is -0.638. The van der Waals surface area contributed by atoms with Crippen LogP contribution >= 0.6 is 0 Å². The lowest BCUT2D eigenvalue weighted by molar-refractivity contribution is -0.137. The second-order valence-electron chi connectivity index (χ2n) is 6.03. The van der Waals surface area contributed by atoms with E-state index in [9.17, 15) is 27.2 Å². The van der Waals surface area contributed by atoms with E-state index in [4.69, 9.17) is 0 Å². The molecule has 29 heavy (non-hydrogen) atoms. The Hall–Kier alpha value is -3.56. The first kappa shape index (κ1) is 20.2. The van der Waals surface area contributed by atoms with Crippen molar-refractivity contribution in [2.24, 2.45) is 0 Å². The topological polar surface area (TPSA) is 74.1 Å². The molecule has 0 unspecified atom stereocenters. The zero-order valence-corrected chi connectivity index (χ0v) is 14.9. The molecular formula is C19H13F4N3O3. The fraction of sp³-hybridized carbons (Fsp3) is 0.158. The summed E-state index contributed by atoms with van der Waals surface area (Å²) in [6.45, 7) is 0. The minimum Gasteiger partial charge on any atom is -0.464 e. The molecule has 0 N–H and O–H groups in total. The normalized spacial score (nSPS) is 11.3. The smallest absolute Gasteiger partial charge is 0.416 e. The number of aldehydes is 1. The Morgan fingerprint density at radius 2 is 1.97 bits per heavy atom. The first-order valence-electron chi connectivity index (χ1n) is 8.16. The molecular weight excluding hydrogens is 394 g/mol. The number of halogens is 4. The molecule has 3 aromatic rings. The zero-order chi connectivity index (χ0) is 21.2. The van der Waals surface area contributed by atoms with Crippen LogP contribution < -0.4 is 0 Å². The number of aromatic nitrogens is 3. The molecule has 0 aliphatic heterocycles. The third-order valence-electron chi connectivity index (χ3n) is 3.99. The molecule has 0 saturated heterocycles. The largest absolute Gasteiger partial charge is 0.464 e. The third-order valence-corrected chi connectivity index (χ3v) is 3.99. The first-order valence-corrected chi connectivity index (χ1v) is 8.16. The van der Waals surface area contributed by atoms with Gasteiger partial charge in [-0.15, -0.1) is 0 Å². The lowest BCUT2D eigenvalue weighted by Crippen LogP contribution is -2.07. The lowest BCUT2D eigenvalue weighted by atomic mass is 10.0. The van der Waals surface area contributed by atoms with Crippen LogP contribution in [0.1, 0.15) is 37.5 Å². The predicted molar refractivity (Wildman–Crippen MR) is 92.3 cm³/mol. The molecule has 0 amide bonds. The molecule has 0 radical (unpaired) electrons. The minimum absolute atomic E-state index is 0.00201. The second-order valence-corrected chi connectivity index (χ2v) is 6.03. The van der Waals surface area contributed by atoms with Crippen molar-refractivity contribution in [1.82, 2.24) is 14.8 Å². The molecule has 2 aromatic heterocycles. The molecule has 10 heteroatoms. The summed E-state index contributed by atoms with van der Waals surface area (Å²) in [5.74, 6) is -1.58. The molecule has 0 spiro atoms. The van der Waals surface area contributed by atoms with Crippen LogP contribution in [-0.4, -0.2) is 34.1 Å². The number of nitrogens with zero attached hydrogens (tertiary/aromatic N) is 3. The fourth-order valence-corrected chi connectivity index (χ4v) is 2.69. The van der Waals surface area contributed by atoms with Crippen molar-refractivity contribution in [1.29, 1.82) is 0 Å². The number of hydrogen-bond acceptors (Lipinski definition) is 5. The summed E-state index contributed by atoms with van der Waals surface area (Å²) < 4.78 is 58.0. The van der Waals surface area contributed by atoms with Crippen molar-refractivity contribution in [3.8, 4) is 5.82 Å². The Morgan fingerprint density at radius 1 is 1.21 bits per heavy atom. The van der Waals surface area contributed by atoms with Crippen LogP contribution in [0.15, 0.2) is 42.7 Å². The van der Waals surface area contributed by atoms with Gasteiger partial charge in [-0.25, -0.2) is 18.9 Å². The summed E-state index contributed by atoms with van der Waals surface area (Å²) in [6.07, 6.45) is -1.57. The van der Waals surface area contributed by atoms with Crippen molar-refractivity contribution in [2.45, 2.75) is 12.6 Å². The molecule has 0 bridgehead atoms. The lowest BCUT2D eigenvalue weighted by Gasteiger charge is -2.10. The number of alkyl halides is 3. The third kappa shape index (κ3) is 4.48. The summed E-state index contributed by atoms with van der Waals surface area (Å²) in [5, 5.41) is 3.97. The Kier molecular flexibility index (Phi) is 5.44. The molecule has 0 aliphatic carbocycles. The van der Waals surface area contributed by atoms with Gasteiger partial charge in [0.15, 0.2) is 17.8 Å². The van der Waals surface area contributed by atoms with Crippen LogP contribution in [0.5, 0.6) is 0 Å². The van der Waals surface area contributed by atoms with Gasteiger partial charge >= 0.3 is 12.1 Å². The van der Waals surface area contributed by atoms with Crippen LogP contribution in [0.2, 0.25) is 0 Å². The van der Waals surface area contributed by atoms with Gasteiger partial charge in [-0.1, -0.05) is 0 Å². The van der Waals surface area contributed by atoms with E-state index in [1.165, 1.54) is 23.1 Å². The van der Waals surface area contributed by atoms with Crippen molar-refractivity contribution < 1.29 is 31.9 Å². The average Bonchev–Trinajstić information content (AvgIpc) is 3.11. The van der Waals surface area contributed by atoms with Crippen molar-refractivity contribution in [3.05, 3.63) is 76.5 Å². The molecule has 0 fully saturated rings. The first-order chi connectivity index (χ1) is 13.7. The van der Waals surface area contributed by atoms with Gasteiger partial charge < -0.3 is 4.74 Å². The Morgan fingerprint density at radius 3 is 2.62 bits per heavy atom. The number of rotatable bonds is 5.